The number of anilines is 1. The van der Waals surface area contributed by atoms with E-state index in [4.69, 9.17) is 4.74 Å². The van der Waals surface area contributed by atoms with Gasteiger partial charge in [-0.1, -0.05) is 6.07 Å². The van der Waals surface area contributed by atoms with Crippen molar-refractivity contribution in [1.82, 2.24) is 0 Å². The number of carbonyl (C=O) groups is 1. The first-order valence-corrected chi connectivity index (χ1v) is 8.14. The Hall–Kier alpha value is -2.70. The number of methoxy groups -OCH3 is 1. The Bertz CT molecular complexity index is 816. The number of fused-ring (bicyclic) bond motifs is 1. The van der Waals surface area contributed by atoms with Gasteiger partial charge in [0.25, 0.3) is 5.91 Å². The number of hydrogen-bond donors (Lipinski definition) is 0. The topological polar surface area (TPSA) is 38.8 Å². The molecule has 0 bridgehead atoms. The highest BCUT2D eigenvalue weighted by Crippen LogP contribution is 2.39. The second-order valence-electron chi connectivity index (χ2n) is 6.04. The molecule has 0 aliphatic carbocycles. The first-order valence-electron chi connectivity index (χ1n) is 8.14. The molecule has 0 fully saturated rings. The summed E-state index contributed by atoms with van der Waals surface area (Å²) in [6.07, 6.45) is -3.11. The first kappa shape index (κ1) is 18.1. The number of nitrogens with zero attached hydrogens (tertiary/aromatic N) is 1. The van der Waals surface area contributed by atoms with E-state index in [0.29, 0.717) is 12.3 Å². The zero-order valence-electron chi connectivity index (χ0n) is 14.4. The van der Waals surface area contributed by atoms with E-state index in [1.165, 1.54) is 12.1 Å². The van der Waals surface area contributed by atoms with Crippen LogP contribution >= 0.6 is 0 Å². The smallest absolute Gasteiger partial charge is 0.495 e. The molecule has 7 heteroatoms. The van der Waals surface area contributed by atoms with Gasteiger partial charge in [-0.3, -0.25) is 4.79 Å². The van der Waals surface area contributed by atoms with Crippen molar-refractivity contribution in [3.05, 3.63) is 53.1 Å². The normalized spacial score (nSPS) is 14.0. The Morgan fingerprint density at radius 2 is 1.81 bits per heavy atom. The number of ether oxygens (including phenoxy) is 2. The van der Waals surface area contributed by atoms with Crippen molar-refractivity contribution in [2.45, 2.75) is 26.1 Å². The zero-order chi connectivity index (χ0) is 18.9. The van der Waals surface area contributed by atoms with E-state index < -0.39 is 6.36 Å². The van der Waals surface area contributed by atoms with Crippen LogP contribution < -0.4 is 14.4 Å². The summed E-state index contributed by atoms with van der Waals surface area (Å²) in [5.74, 6) is -0.0365. The van der Waals surface area contributed by atoms with Crippen molar-refractivity contribution in [1.29, 1.82) is 0 Å². The fourth-order valence-electron chi connectivity index (χ4n) is 3.18. The van der Waals surface area contributed by atoms with Gasteiger partial charge in [0.1, 0.15) is 11.5 Å². The number of aryl methyl sites for hydroxylation is 1. The molecule has 0 N–H and O–H groups in total. The van der Waals surface area contributed by atoms with E-state index in [-0.39, 0.29) is 17.2 Å². The van der Waals surface area contributed by atoms with Crippen molar-refractivity contribution in [3.8, 4) is 11.5 Å². The fourth-order valence-corrected chi connectivity index (χ4v) is 3.18. The maximum atomic E-state index is 12.9. The summed E-state index contributed by atoms with van der Waals surface area (Å²) in [4.78, 5) is 14.6. The van der Waals surface area contributed by atoms with Crippen LogP contribution in [-0.2, 0) is 6.42 Å². The summed E-state index contributed by atoms with van der Waals surface area (Å²) >= 11 is 0. The monoisotopic (exact) mass is 365 g/mol. The molecule has 0 aromatic heterocycles. The lowest BCUT2D eigenvalue weighted by atomic mass is 9.95. The SMILES string of the molecule is COc1ccc(C)c2c1N(C(=O)c1ccc(OC(F)(F)F)cc1)CCC2. The van der Waals surface area contributed by atoms with Gasteiger partial charge >= 0.3 is 6.36 Å². The molecule has 0 atom stereocenters. The maximum absolute atomic E-state index is 12.9. The van der Waals surface area contributed by atoms with Crippen LogP contribution in [0.4, 0.5) is 18.9 Å². The zero-order valence-corrected chi connectivity index (χ0v) is 14.4. The molecule has 1 amide bonds. The van der Waals surface area contributed by atoms with Crippen LogP contribution in [-0.4, -0.2) is 25.9 Å². The minimum Gasteiger partial charge on any atom is -0.495 e. The number of alkyl halides is 3. The summed E-state index contributed by atoms with van der Waals surface area (Å²) in [6.45, 7) is 2.50. The molecule has 138 valence electrons. The minimum absolute atomic E-state index is 0.284. The standard InChI is InChI=1S/C19H18F3NO3/c1-12-5-10-16(25-2)17-15(12)4-3-11-23(17)18(24)13-6-8-14(9-7-13)26-19(20,21)22/h5-10H,3-4,11H2,1-2H3. The number of amides is 1. The molecule has 3 rings (SSSR count). The van der Waals surface area contributed by atoms with Gasteiger partial charge in [-0.15, -0.1) is 13.2 Å². The number of carbonyl (C=O) groups excluding carboxylic acids is 1. The van der Waals surface area contributed by atoms with Crippen LogP contribution in [0.25, 0.3) is 0 Å². The van der Waals surface area contributed by atoms with E-state index in [1.54, 1.807) is 12.0 Å². The van der Waals surface area contributed by atoms with E-state index in [1.807, 2.05) is 19.1 Å². The van der Waals surface area contributed by atoms with Crippen molar-refractivity contribution in [3.63, 3.8) is 0 Å². The van der Waals surface area contributed by atoms with Gasteiger partial charge in [0.15, 0.2) is 0 Å². The van der Waals surface area contributed by atoms with Crippen molar-refractivity contribution in [2.75, 3.05) is 18.6 Å². The van der Waals surface area contributed by atoms with Gasteiger partial charge in [0, 0.05) is 12.1 Å². The second-order valence-corrected chi connectivity index (χ2v) is 6.04. The molecule has 0 radical (unpaired) electrons. The van der Waals surface area contributed by atoms with Crippen molar-refractivity contribution < 1.29 is 27.4 Å². The predicted octanol–water partition coefficient (Wildman–Crippen LogP) is 4.50. The van der Waals surface area contributed by atoms with Crippen LogP contribution in [0.5, 0.6) is 11.5 Å². The highest BCUT2D eigenvalue weighted by molar-refractivity contribution is 6.07. The Labute approximate surface area is 149 Å². The number of rotatable bonds is 3. The molecule has 2 aromatic rings. The summed E-state index contributed by atoms with van der Waals surface area (Å²) in [5, 5.41) is 0. The third-order valence-corrected chi connectivity index (χ3v) is 4.36. The molecule has 1 heterocycles. The molecule has 2 aromatic carbocycles. The summed E-state index contributed by atoms with van der Waals surface area (Å²) in [7, 11) is 1.55. The Morgan fingerprint density at radius 3 is 2.42 bits per heavy atom. The lowest BCUT2D eigenvalue weighted by molar-refractivity contribution is -0.274. The van der Waals surface area contributed by atoms with E-state index in [9.17, 15) is 18.0 Å². The Morgan fingerprint density at radius 1 is 1.12 bits per heavy atom. The van der Waals surface area contributed by atoms with E-state index >= 15 is 0 Å². The molecule has 4 nitrogen and oxygen atoms in total. The van der Waals surface area contributed by atoms with Crippen molar-refractivity contribution >= 4 is 11.6 Å². The predicted molar refractivity (Wildman–Crippen MR) is 90.9 cm³/mol. The average molecular weight is 365 g/mol. The Balaban J connectivity index is 1.92. The number of benzene rings is 2. The molecule has 0 saturated heterocycles. The largest absolute Gasteiger partial charge is 0.573 e. The highest BCUT2D eigenvalue weighted by Gasteiger charge is 2.31. The average Bonchev–Trinajstić information content (AvgIpc) is 2.60. The molecule has 0 unspecified atom stereocenters. The van der Waals surface area contributed by atoms with Gasteiger partial charge < -0.3 is 14.4 Å². The maximum Gasteiger partial charge on any atom is 0.573 e. The van der Waals surface area contributed by atoms with Crippen LogP contribution in [0.1, 0.15) is 27.9 Å². The second kappa shape index (κ2) is 6.90. The molecule has 1 aliphatic heterocycles. The van der Waals surface area contributed by atoms with Gasteiger partial charge in [0.2, 0.25) is 0 Å². The molecular formula is C19H18F3NO3. The first-order chi connectivity index (χ1) is 12.3. The molecular weight excluding hydrogens is 347 g/mol. The van der Waals surface area contributed by atoms with Gasteiger partial charge in [-0.05, 0) is 61.2 Å². The van der Waals surface area contributed by atoms with Gasteiger partial charge in [0.05, 0.1) is 12.8 Å². The van der Waals surface area contributed by atoms with Crippen LogP contribution in [0.3, 0.4) is 0 Å². The summed E-state index contributed by atoms with van der Waals surface area (Å²) in [5.41, 5.74) is 3.16. The van der Waals surface area contributed by atoms with E-state index in [0.717, 1.165) is 41.8 Å². The fraction of sp³-hybridized carbons (Fsp3) is 0.316. The Kier molecular flexibility index (Phi) is 4.80. The van der Waals surface area contributed by atoms with Gasteiger partial charge in [-0.2, -0.15) is 0 Å². The molecule has 26 heavy (non-hydrogen) atoms. The molecule has 0 spiro atoms. The molecule has 0 saturated carbocycles. The quantitative estimate of drug-likeness (QED) is 0.804. The highest BCUT2D eigenvalue weighted by atomic mass is 19.4. The number of halogens is 3. The van der Waals surface area contributed by atoms with Crippen LogP contribution in [0.15, 0.2) is 36.4 Å². The number of hydrogen-bond acceptors (Lipinski definition) is 3. The van der Waals surface area contributed by atoms with Crippen LogP contribution in [0.2, 0.25) is 0 Å². The van der Waals surface area contributed by atoms with Gasteiger partial charge in [-0.25, -0.2) is 0 Å². The lowest BCUT2D eigenvalue weighted by Gasteiger charge is -2.32. The lowest BCUT2D eigenvalue weighted by Crippen LogP contribution is -2.36. The minimum atomic E-state index is -4.76. The summed E-state index contributed by atoms with van der Waals surface area (Å²) in [6, 6.07) is 8.72. The summed E-state index contributed by atoms with van der Waals surface area (Å²) < 4.78 is 46.1. The third kappa shape index (κ3) is 3.61. The van der Waals surface area contributed by atoms with E-state index in [2.05, 4.69) is 4.74 Å². The van der Waals surface area contributed by atoms with Crippen molar-refractivity contribution in [2.24, 2.45) is 0 Å². The molecule has 1 aliphatic rings. The third-order valence-electron chi connectivity index (χ3n) is 4.36. The van der Waals surface area contributed by atoms with Crippen LogP contribution in [0, 0.1) is 6.92 Å².